The molecular formula is C11H14O3. The van der Waals surface area contributed by atoms with Crippen LogP contribution in [0.2, 0.25) is 0 Å². The molecule has 0 fully saturated rings. The Morgan fingerprint density at radius 3 is 2.71 bits per heavy atom. The van der Waals surface area contributed by atoms with E-state index in [2.05, 4.69) is 13.8 Å². The third-order valence-corrected chi connectivity index (χ3v) is 2.33. The van der Waals surface area contributed by atoms with Crippen LogP contribution in [0.1, 0.15) is 25.3 Å². The van der Waals surface area contributed by atoms with Crippen molar-refractivity contribution in [3.63, 3.8) is 0 Å². The molecule has 1 heterocycles. The summed E-state index contributed by atoms with van der Waals surface area (Å²) in [5, 5.41) is 0. The summed E-state index contributed by atoms with van der Waals surface area (Å²) in [6.45, 7) is 4.53. The van der Waals surface area contributed by atoms with Gasteiger partial charge in [-0.05, 0) is 18.1 Å². The Bertz CT molecular complexity index is 345. The van der Waals surface area contributed by atoms with Crippen LogP contribution in [0.4, 0.5) is 0 Å². The highest BCUT2D eigenvalue weighted by molar-refractivity contribution is 5.56. The fourth-order valence-corrected chi connectivity index (χ4v) is 1.70. The minimum atomic E-state index is 0.308. The molecule has 14 heavy (non-hydrogen) atoms. The fraction of sp³-hybridized carbons (Fsp3) is 0.455. The van der Waals surface area contributed by atoms with E-state index in [-0.39, 0.29) is 0 Å². The lowest BCUT2D eigenvalue weighted by molar-refractivity contribution is 0.173. The van der Waals surface area contributed by atoms with Gasteiger partial charge in [-0.15, -0.1) is 0 Å². The van der Waals surface area contributed by atoms with Crippen molar-refractivity contribution in [2.24, 2.45) is 0 Å². The van der Waals surface area contributed by atoms with E-state index in [1.165, 1.54) is 0 Å². The average Bonchev–Trinajstić information content (AvgIpc) is 2.62. The lowest BCUT2D eigenvalue weighted by atomic mass is 10.0. The van der Waals surface area contributed by atoms with E-state index in [4.69, 9.17) is 14.2 Å². The Hall–Kier alpha value is -1.38. The summed E-state index contributed by atoms with van der Waals surface area (Å²) in [5.74, 6) is 2.87. The van der Waals surface area contributed by atoms with Crippen LogP contribution in [0, 0.1) is 0 Å². The van der Waals surface area contributed by atoms with Gasteiger partial charge in [-0.1, -0.05) is 13.8 Å². The molecule has 0 aromatic heterocycles. The minimum Gasteiger partial charge on any atom is -0.496 e. The maximum absolute atomic E-state index is 5.43. The van der Waals surface area contributed by atoms with Crippen LogP contribution in [0.15, 0.2) is 12.1 Å². The number of rotatable bonds is 2. The predicted octanol–water partition coefficient (Wildman–Crippen LogP) is 2.55. The first kappa shape index (κ1) is 9.19. The molecule has 0 spiro atoms. The fourth-order valence-electron chi connectivity index (χ4n) is 1.70. The normalized spacial score (nSPS) is 13.4. The van der Waals surface area contributed by atoms with Crippen molar-refractivity contribution < 1.29 is 14.2 Å². The number of hydrogen-bond acceptors (Lipinski definition) is 3. The number of methoxy groups -OCH3 is 1. The Morgan fingerprint density at radius 2 is 2.07 bits per heavy atom. The molecule has 0 radical (unpaired) electrons. The molecule has 1 aliphatic rings. The van der Waals surface area contributed by atoms with Gasteiger partial charge in [0.1, 0.15) is 5.75 Å². The smallest absolute Gasteiger partial charge is 0.231 e. The Balaban J connectivity index is 2.56. The maximum atomic E-state index is 5.43. The predicted molar refractivity (Wildman–Crippen MR) is 53.2 cm³/mol. The van der Waals surface area contributed by atoms with Gasteiger partial charge in [0.25, 0.3) is 0 Å². The molecule has 0 amide bonds. The molecule has 3 heteroatoms. The van der Waals surface area contributed by atoms with Crippen LogP contribution in [-0.4, -0.2) is 13.9 Å². The molecule has 0 atom stereocenters. The SMILES string of the molecule is COc1ccc2c(c1C(C)C)OCO2. The highest BCUT2D eigenvalue weighted by Crippen LogP contribution is 2.44. The first-order valence-electron chi connectivity index (χ1n) is 4.70. The molecule has 3 nitrogen and oxygen atoms in total. The van der Waals surface area contributed by atoms with Crippen molar-refractivity contribution in [2.75, 3.05) is 13.9 Å². The maximum Gasteiger partial charge on any atom is 0.231 e. The first-order chi connectivity index (χ1) is 6.74. The number of fused-ring (bicyclic) bond motifs is 1. The van der Waals surface area contributed by atoms with Crippen LogP contribution in [-0.2, 0) is 0 Å². The van der Waals surface area contributed by atoms with Gasteiger partial charge >= 0.3 is 0 Å². The largest absolute Gasteiger partial charge is 0.496 e. The topological polar surface area (TPSA) is 27.7 Å². The van der Waals surface area contributed by atoms with Crippen LogP contribution < -0.4 is 14.2 Å². The van der Waals surface area contributed by atoms with Crippen LogP contribution in [0.25, 0.3) is 0 Å². The van der Waals surface area contributed by atoms with Gasteiger partial charge in [-0.3, -0.25) is 0 Å². The Morgan fingerprint density at radius 1 is 1.29 bits per heavy atom. The van der Waals surface area contributed by atoms with Crippen molar-refractivity contribution in [1.82, 2.24) is 0 Å². The van der Waals surface area contributed by atoms with Gasteiger partial charge < -0.3 is 14.2 Å². The van der Waals surface area contributed by atoms with Crippen molar-refractivity contribution >= 4 is 0 Å². The van der Waals surface area contributed by atoms with E-state index in [0.29, 0.717) is 12.7 Å². The molecule has 0 aliphatic carbocycles. The number of benzene rings is 1. The van der Waals surface area contributed by atoms with Crippen molar-refractivity contribution in [3.05, 3.63) is 17.7 Å². The van der Waals surface area contributed by atoms with E-state index in [1.807, 2.05) is 12.1 Å². The minimum absolute atomic E-state index is 0.308. The molecule has 0 unspecified atom stereocenters. The quantitative estimate of drug-likeness (QED) is 0.724. The molecule has 1 aliphatic heterocycles. The van der Waals surface area contributed by atoms with Crippen LogP contribution in [0.5, 0.6) is 17.2 Å². The summed E-state index contributed by atoms with van der Waals surface area (Å²) in [6.07, 6.45) is 0. The third kappa shape index (κ3) is 1.29. The van der Waals surface area contributed by atoms with E-state index in [0.717, 1.165) is 22.8 Å². The molecule has 0 saturated carbocycles. The standard InChI is InChI=1S/C11H14O3/c1-7(2)10-8(12-3)4-5-9-11(10)14-6-13-9/h4-5,7H,6H2,1-3H3. The number of ether oxygens (including phenoxy) is 3. The molecule has 2 rings (SSSR count). The summed E-state index contributed by atoms with van der Waals surface area (Å²) in [4.78, 5) is 0. The highest BCUT2D eigenvalue weighted by atomic mass is 16.7. The Kier molecular flexibility index (Phi) is 2.23. The van der Waals surface area contributed by atoms with E-state index >= 15 is 0 Å². The zero-order valence-electron chi connectivity index (χ0n) is 8.66. The second-order valence-corrected chi connectivity index (χ2v) is 3.57. The second kappa shape index (κ2) is 3.40. The number of hydrogen-bond donors (Lipinski definition) is 0. The molecule has 0 N–H and O–H groups in total. The highest BCUT2D eigenvalue weighted by Gasteiger charge is 2.23. The molecular weight excluding hydrogens is 180 g/mol. The van der Waals surface area contributed by atoms with Gasteiger partial charge in [-0.2, -0.15) is 0 Å². The van der Waals surface area contributed by atoms with Gasteiger partial charge in [0.05, 0.1) is 7.11 Å². The van der Waals surface area contributed by atoms with Gasteiger partial charge in [0.15, 0.2) is 11.5 Å². The summed E-state index contributed by atoms with van der Waals surface area (Å²) < 4.78 is 16.0. The van der Waals surface area contributed by atoms with Crippen LogP contribution in [0.3, 0.4) is 0 Å². The van der Waals surface area contributed by atoms with Crippen molar-refractivity contribution in [1.29, 1.82) is 0 Å². The molecule has 1 aromatic carbocycles. The first-order valence-corrected chi connectivity index (χ1v) is 4.70. The monoisotopic (exact) mass is 194 g/mol. The lowest BCUT2D eigenvalue weighted by Crippen LogP contribution is -1.97. The summed E-state index contributed by atoms with van der Waals surface area (Å²) in [7, 11) is 1.67. The van der Waals surface area contributed by atoms with Gasteiger partial charge in [0, 0.05) is 5.56 Å². The zero-order chi connectivity index (χ0) is 10.1. The summed E-state index contributed by atoms with van der Waals surface area (Å²) in [6, 6.07) is 3.80. The van der Waals surface area contributed by atoms with Crippen LogP contribution >= 0.6 is 0 Å². The second-order valence-electron chi connectivity index (χ2n) is 3.57. The molecule has 76 valence electrons. The molecule has 1 aromatic rings. The summed E-state index contributed by atoms with van der Waals surface area (Å²) in [5.41, 5.74) is 1.09. The van der Waals surface area contributed by atoms with Gasteiger partial charge in [-0.25, -0.2) is 0 Å². The summed E-state index contributed by atoms with van der Waals surface area (Å²) >= 11 is 0. The Labute approximate surface area is 83.6 Å². The van der Waals surface area contributed by atoms with Crippen molar-refractivity contribution in [2.45, 2.75) is 19.8 Å². The van der Waals surface area contributed by atoms with E-state index < -0.39 is 0 Å². The molecule has 0 bridgehead atoms. The lowest BCUT2D eigenvalue weighted by Gasteiger charge is -2.13. The van der Waals surface area contributed by atoms with Gasteiger partial charge in [0.2, 0.25) is 6.79 Å². The van der Waals surface area contributed by atoms with Crippen molar-refractivity contribution in [3.8, 4) is 17.2 Å². The van der Waals surface area contributed by atoms with E-state index in [1.54, 1.807) is 7.11 Å². The average molecular weight is 194 g/mol. The third-order valence-electron chi connectivity index (χ3n) is 2.33. The molecule has 0 saturated heterocycles. The zero-order valence-corrected chi connectivity index (χ0v) is 8.66. The van der Waals surface area contributed by atoms with E-state index in [9.17, 15) is 0 Å².